The Morgan fingerprint density at radius 1 is 0.760 bits per heavy atom. The van der Waals surface area contributed by atoms with E-state index in [-0.39, 0.29) is 4.90 Å². The van der Waals surface area contributed by atoms with Crippen molar-refractivity contribution >= 4 is 10.1 Å². The van der Waals surface area contributed by atoms with Crippen LogP contribution in [0.2, 0.25) is 0 Å². The molecule has 0 aromatic heterocycles. The van der Waals surface area contributed by atoms with E-state index in [1.165, 1.54) is 24.3 Å². The van der Waals surface area contributed by atoms with E-state index >= 15 is 0 Å². The van der Waals surface area contributed by atoms with Gasteiger partial charge in [0.15, 0.2) is 11.6 Å². The lowest BCUT2D eigenvalue weighted by Gasteiger charge is -2.12. The first-order valence-corrected chi connectivity index (χ1v) is 8.61. The Kier molecular flexibility index (Phi) is 4.63. The summed E-state index contributed by atoms with van der Waals surface area (Å²) in [6.45, 7) is 0. The van der Waals surface area contributed by atoms with Gasteiger partial charge >= 0.3 is 10.1 Å². The van der Waals surface area contributed by atoms with Crippen LogP contribution >= 0.6 is 0 Å². The fourth-order valence-corrected chi connectivity index (χ4v) is 3.08. The molecule has 3 rings (SSSR count). The zero-order valence-corrected chi connectivity index (χ0v) is 13.6. The lowest BCUT2D eigenvalue weighted by molar-refractivity contribution is 0.333. The Balaban J connectivity index is 2.16. The zero-order chi connectivity index (χ0) is 18.0. The van der Waals surface area contributed by atoms with Crippen molar-refractivity contribution < 1.29 is 21.5 Å². The monoisotopic (exact) mass is 361 g/mol. The van der Waals surface area contributed by atoms with Gasteiger partial charge in [0.1, 0.15) is 0 Å². The minimum absolute atomic E-state index is 0.136. The van der Waals surface area contributed by atoms with Crippen molar-refractivity contribution in [3.8, 4) is 22.3 Å². The van der Waals surface area contributed by atoms with E-state index in [1.807, 2.05) is 6.07 Å². The van der Waals surface area contributed by atoms with Crippen LogP contribution in [0.25, 0.3) is 22.3 Å². The van der Waals surface area contributed by atoms with Gasteiger partial charge in [-0.1, -0.05) is 42.5 Å². The molecule has 2 N–H and O–H groups in total. The topological polar surface area (TPSA) is 69.4 Å². The molecule has 0 fully saturated rings. The summed E-state index contributed by atoms with van der Waals surface area (Å²) in [7, 11) is -4.03. The van der Waals surface area contributed by atoms with Crippen molar-refractivity contribution in [3.05, 3.63) is 78.4 Å². The molecule has 0 bridgehead atoms. The molecule has 0 aliphatic rings. The molecule has 0 saturated carbocycles. The van der Waals surface area contributed by atoms with E-state index in [0.29, 0.717) is 22.3 Å². The number of hydrogen-bond acceptors (Lipinski definition) is 4. The third kappa shape index (κ3) is 3.43. The van der Waals surface area contributed by atoms with Crippen molar-refractivity contribution in [1.82, 2.24) is 0 Å². The highest BCUT2D eigenvalue weighted by Crippen LogP contribution is 2.34. The van der Waals surface area contributed by atoms with E-state index in [1.54, 1.807) is 24.3 Å². The highest BCUT2D eigenvalue weighted by molar-refractivity contribution is 7.86. The number of rotatable bonds is 4. The summed E-state index contributed by atoms with van der Waals surface area (Å²) >= 11 is 0. The molecule has 0 heterocycles. The molecule has 0 aliphatic heterocycles. The fraction of sp³-hybridized carbons (Fsp3) is 0. The summed E-state index contributed by atoms with van der Waals surface area (Å²) in [5, 5.41) is 0. The second-order valence-corrected chi connectivity index (χ2v) is 6.82. The third-order valence-corrected chi connectivity index (χ3v) is 4.83. The normalized spacial score (nSPS) is 11.5. The summed E-state index contributed by atoms with van der Waals surface area (Å²) < 4.78 is 54.6. The van der Waals surface area contributed by atoms with Gasteiger partial charge in [-0.2, -0.15) is 18.6 Å². The van der Waals surface area contributed by atoms with Gasteiger partial charge in [0.2, 0.25) is 0 Å². The van der Waals surface area contributed by atoms with Gasteiger partial charge in [-0.3, -0.25) is 0 Å². The Hall–Kier alpha value is -2.61. The molecule has 3 aromatic rings. The summed E-state index contributed by atoms with van der Waals surface area (Å²) in [6, 6.07) is 16.7. The number of benzene rings is 3. The molecule has 3 aromatic carbocycles. The maximum atomic E-state index is 13.8. The van der Waals surface area contributed by atoms with Crippen molar-refractivity contribution in [2.75, 3.05) is 0 Å². The lowest BCUT2D eigenvalue weighted by atomic mass is 9.94. The maximum Gasteiger partial charge on any atom is 0.312 e. The number of hydrogen-bond donors (Lipinski definition) is 1. The molecular formula is C18H13F2NO3S. The van der Waals surface area contributed by atoms with Crippen LogP contribution in [0.3, 0.4) is 0 Å². The van der Waals surface area contributed by atoms with Crippen LogP contribution in [-0.4, -0.2) is 8.42 Å². The molecule has 0 saturated heterocycles. The van der Waals surface area contributed by atoms with Crippen molar-refractivity contribution in [2.45, 2.75) is 4.90 Å². The van der Waals surface area contributed by atoms with Crippen LogP contribution in [0.4, 0.5) is 8.78 Å². The summed E-state index contributed by atoms with van der Waals surface area (Å²) in [5.41, 5.74) is 2.15. The molecule has 0 unspecified atom stereocenters. The summed E-state index contributed by atoms with van der Waals surface area (Å²) in [6.07, 6.45) is 0. The second kappa shape index (κ2) is 6.72. The first-order chi connectivity index (χ1) is 11.9. The first-order valence-electron chi connectivity index (χ1n) is 7.20. The lowest BCUT2D eigenvalue weighted by Crippen LogP contribution is -2.10. The molecule has 0 spiro atoms. The smallest absolute Gasteiger partial charge is 0.204 e. The average molecular weight is 361 g/mol. The molecule has 0 atom stereocenters. The minimum Gasteiger partial charge on any atom is -0.204 e. The molecule has 128 valence electrons. The Bertz CT molecular complexity index is 1000. The molecule has 0 radical (unpaired) electrons. The van der Waals surface area contributed by atoms with E-state index in [2.05, 4.69) is 4.28 Å². The zero-order valence-electron chi connectivity index (χ0n) is 12.8. The van der Waals surface area contributed by atoms with Gasteiger partial charge in [0, 0.05) is 0 Å². The van der Waals surface area contributed by atoms with Gasteiger partial charge in [-0.15, -0.1) is 0 Å². The maximum absolute atomic E-state index is 13.8. The molecular weight excluding hydrogens is 348 g/mol. The molecule has 4 nitrogen and oxygen atoms in total. The van der Waals surface area contributed by atoms with Gasteiger partial charge in [-0.25, -0.2) is 8.78 Å². The second-order valence-electron chi connectivity index (χ2n) is 5.25. The Morgan fingerprint density at radius 3 is 1.72 bits per heavy atom. The van der Waals surface area contributed by atoms with E-state index in [0.717, 1.165) is 12.1 Å². The van der Waals surface area contributed by atoms with Crippen LogP contribution < -0.4 is 5.90 Å². The molecule has 0 aliphatic carbocycles. The Morgan fingerprint density at radius 2 is 1.24 bits per heavy atom. The van der Waals surface area contributed by atoms with Crippen LogP contribution in [0.5, 0.6) is 0 Å². The van der Waals surface area contributed by atoms with Gasteiger partial charge in [-0.05, 0) is 46.5 Å². The van der Waals surface area contributed by atoms with Gasteiger partial charge in [0.05, 0.1) is 4.90 Å². The van der Waals surface area contributed by atoms with E-state index in [4.69, 9.17) is 5.90 Å². The first kappa shape index (κ1) is 17.2. The highest BCUT2D eigenvalue weighted by atomic mass is 32.2. The predicted molar refractivity (Wildman–Crippen MR) is 89.7 cm³/mol. The standard InChI is InChI=1S/C18H13F2NO3S/c19-17-10-15(12-4-2-1-3-5-12)16(11-18(17)20)13-6-8-14(9-7-13)25(22,23)24-21/h1-11H,21H2. The van der Waals surface area contributed by atoms with Crippen molar-refractivity contribution in [2.24, 2.45) is 5.90 Å². The molecule has 0 amide bonds. The van der Waals surface area contributed by atoms with Crippen LogP contribution in [-0.2, 0) is 14.4 Å². The largest absolute Gasteiger partial charge is 0.312 e. The average Bonchev–Trinajstić information content (AvgIpc) is 2.64. The van der Waals surface area contributed by atoms with Crippen molar-refractivity contribution in [3.63, 3.8) is 0 Å². The molecule has 7 heteroatoms. The SMILES string of the molecule is NOS(=O)(=O)c1ccc(-c2cc(F)c(F)cc2-c2ccccc2)cc1. The van der Waals surface area contributed by atoms with E-state index < -0.39 is 21.8 Å². The summed E-state index contributed by atoms with van der Waals surface area (Å²) in [4.78, 5) is -0.136. The van der Waals surface area contributed by atoms with Crippen LogP contribution in [0.15, 0.2) is 71.6 Å². The molecule has 25 heavy (non-hydrogen) atoms. The van der Waals surface area contributed by atoms with Crippen molar-refractivity contribution in [1.29, 1.82) is 0 Å². The Labute approximate surface area is 143 Å². The fourth-order valence-electron chi connectivity index (χ4n) is 2.50. The van der Waals surface area contributed by atoms with Gasteiger partial charge < -0.3 is 0 Å². The minimum atomic E-state index is -4.03. The van der Waals surface area contributed by atoms with Crippen LogP contribution in [0.1, 0.15) is 0 Å². The number of nitrogens with two attached hydrogens (primary N) is 1. The van der Waals surface area contributed by atoms with Crippen LogP contribution in [0, 0.1) is 11.6 Å². The third-order valence-electron chi connectivity index (χ3n) is 3.73. The number of halogens is 2. The van der Waals surface area contributed by atoms with E-state index in [9.17, 15) is 17.2 Å². The van der Waals surface area contributed by atoms with Gasteiger partial charge in [0.25, 0.3) is 0 Å². The summed E-state index contributed by atoms with van der Waals surface area (Å²) in [5.74, 6) is 2.80. The highest BCUT2D eigenvalue weighted by Gasteiger charge is 2.16. The quantitative estimate of drug-likeness (QED) is 0.716. The predicted octanol–water partition coefficient (Wildman–Crippen LogP) is 3.88.